The molecule has 0 unspecified atom stereocenters. The van der Waals surface area contributed by atoms with Gasteiger partial charge in [0.1, 0.15) is 0 Å². The monoisotopic (exact) mass is 258 g/mol. The average molecular weight is 259 g/mol. The fourth-order valence-corrected chi connectivity index (χ4v) is 1.44. The maximum atomic E-state index is 3.97. The Morgan fingerprint density at radius 1 is 1.00 bits per heavy atom. The Morgan fingerprint density at radius 3 is 2.44 bits per heavy atom. The van der Waals surface area contributed by atoms with Crippen LogP contribution in [0.15, 0.2) is 54.9 Å². The van der Waals surface area contributed by atoms with E-state index in [0.29, 0.717) is 6.54 Å². The van der Waals surface area contributed by atoms with Crippen molar-refractivity contribution in [1.29, 1.82) is 0 Å². The van der Waals surface area contributed by atoms with E-state index in [1.807, 2.05) is 42.5 Å². The van der Waals surface area contributed by atoms with Crippen molar-refractivity contribution in [3.05, 3.63) is 66.0 Å². The van der Waals surface area contributed by atoms with E-state index in [0.717, 1.165) is 12.1 Å². The number of nitrogens with one attached hydrogen (secondary N) is 1. The van der Waals surface area contributed by atoms with Gasteiger partial charge in [-0.15, -0.1) is 12.4 Å². The standard InChI is InChI=1S/C15H14N2.ClH/c1-2-5-14(6-3-1)7-4-10-17-13-15-8-11-16-12-9-15;/h1-3,5-6,8-9,11-12,17H,10,13H2;1H. The number of benzene rings is 1. The first-order valence-corrected chi connectivity index (χ1v) is 5.59. The number of nitrogens with zero attached hydrogens (tertiary/aromatic N) is 1. The maximum Gasteiger partial charge on any atom is 0.0582 e. The van der Waals surface area contributed by atoms with Crippen molar-refractivity contribution in [2.75, 3.05) is 6.54 Å². The fraction of sp³-hybridized carbons (Fsp3) is 0.133. The van der Waals surface area contributed by atoms with E-state index in [1.165, 1.54) is 5.56 Å². The lowest BCUT2D eigenvalue weighted by Gasteiger charge is -1.99. The van der Waals surface area contributed by atoms with E-state index in [1.54, 1.807) is 12.4 Å². The molecule has 0 aliphatic rings. The molecule has 1 heterocycles. The van der Waals surface area contributed by atoms with Gasteiger partial charge in [0.25, 0.3) is 0 Å². The minimum atomic E-state index is 0. The van der Waals surface area contributed by atoms with Gasteiger partial charge in [0.2, 0.25) is 0 Å². The second-order valence-corrected chi connectivity index (χ2v) is 3.63. The summed E-state index contributed by atoms with van der Waals surface area (Å²) < 4.78 is 0. The predicted molar refractivity (Wildman–Crippen MR) is 76.5 cm³/mol. The maximum absolute atomic E-state index is 3.97. The summed E-state index contributed by atoms with van der Waals surface area (Å²) in [6.07, 6.45) is 3.60. The lowest BCUT2D eigenvalue weighted by Crippen LogP contribution is -2.13. The summed E-state index contributed by atoms with van der Waals surface area (Å²) >= 11 is 0. The summed E-state index contributed by atoms with van der Waals surface area (Å²) in [6.45, 7) is 1.52. The van der Waals surface area contributed by atoms with Crippen LogP contribution in [0.5, 0.6) is 0 Å². The van der Waals surface area contributed by atoms with Gasteiger partial charge in [-0.25, -0.2) is 0 Å². The van der Waals surface area contributed by atoms with Crippen LogP contribution in [0.4, 0.5) is 0 Å². The SMILES string of the molecule is C(#Cc1ccccc1)CNCc1ccncc1.Cl. The summed E-state index contributed by atoms with van der Waals surface area (Å²) in [4.78, 5) is 3.97. The summed E-state index contributed by atoms with van der Waals surface area (Å²) in [5, 5.41) is 3.27. The second-order valence-electron chi connectivity index (χ2n) is 3.63. The van der Waals surface area contributed by atoms with Gasteiger partial charge in [0.15, 0.2) is 0 Å². The molecule has 0 amide bonds. The zero-order valence-electron chi connectivity index (χ0n) is 9.97. The highest BCUT2D eigenvalue weighted by Crippen LogP contribution is 1.95. The summed E-state index contributed by atoms with van der Waals surface area (Å²) in [5.74, 6) is 6.20. The Bertz CT molecular complexity index is 500. The quantitative estimate of drug-likeness (QED) is 0.676. The summed E-state index contributed by atoms with van der Waals surface area (Å²) in [7, 11) is 0. The van der Waals surface area contributed by atoms with Crippen molar-refractivity contribution in [2.24, 2.45) is 0 Å². The summed E-state index contributed by atoms with van der Waals surface area (Å²) in [6, 6.07) is 14.0. The highest BCUT2D eigenvalue weighted by molar-refractivity contribution is 5.85. The van der Waals surface area contributed by atoms with E-state index in [-0.39, 0.29) is 12.4 Å². The zero-order chi connectivity index (χ0) is 11.8. The molecule has 0 spiro atoms. The molecule has 1 aromatic carbocycles. The molecule has 2 rings (SSSR count). The van der Waals surface area contributed by atoms with Crippen LogP contribution in [0, 0.1) is 11.8 Å². The lowest BCUT2D eigenvalue weighted by molar-refractivity contribution is 0.769. The molecule has 0 saturated carbocycles. The summed E-state index contributed by atoms with van der Waals surface area (Å²) in [5.41, 5.74) is 2.28. The van der Waals surface area contributed by atoms with Crippen molar-refractivity contribution in [3.8, 4) is 11.8 Å². The van der Waals surface area contributed by atoms with Crippen LogP contribution in [-0.2, 0) is 6.54 Å². The van der Waals surface area contributed by atoms with Crippen molar-refractivity contribution in [1.82, 2.24) is 10.3 Å². The van der Waals surface area contributed by atoms with E-state index in [2.05, 4.69) is 22.1 Å². The fourth-order valence-electron chi connectivity index (χ4n) is 1.44. The van der Waals surface area contributed by atoms with Gasteiger partial charge in [-0.1, -0.05) is 30.0 Å². The average Bonchev–Trinajstić information content (AvgIpc) is 2.41. The molecule has 92 valence electrons. The van der Waals surface area contributed by atoms with E-state index < -0.39 is 0 Å². The molecule has 2 nitrogen and oxygen atoms in total. The molecule has 0 aliphatic carbocycles. The molecular formula is C15H15ClN2. The van der Waals surface area contributed by atoms with Crippen molar-refractivity contribution >= 4 is 12.4 Å². The van der Waals surface area contributed by atoms with E-state index in [9.17, 15) is 0 Å². The smallest absolute Gasteiger partial charge is 0.0582 e. The Kier molecular flexibility index (Phi) is 6.56. The van der Waals surface area contributed by atoms with Crippen LogP contribution in [0.2, 0.25) is 0 Å². The number of hydrogen-bond donors (Lipinski definition) is 1. The Labute approximate surface area is 114 Å². The van der Waals surface area contributed by atoms with Gasteiger partial charge in [-0.2, -0.15) is 0 Å². The van der Waals surface area contributed by atoms with Crippen LogP contribution in [-0.4, -0.2) is 11.5 Å². The van der Waals surface area contributed by atoms with Crippen molar-refractivity contribution in [2.45, 2.75) is 6.54 Å². The molecule has 3 heteroatoms. The van der Waals surface area contributed by atoms with Gasteiger partial charge < -0.3 is 5.32 Å². The molecular weight excluding hydrogens is 244 g/mol. The van der Waals surface area contributed by atoms with Crippen LogP contribution in [0.1, 0.15) is 11.1 Å². The van der Waals surface area contributed by atoms with Crippen LogP contribution >= 0.6 is 12.4 Å². The largest absolute Gasteiger partial charge is 0.302 e. The molecule has 0 bridgehead atoms. The first kappa shape index (κ1) is 14.2. The highest BCUT2D eigenvalue weighted by atomic mass is 35.5. The molecule has 0 saturated heterocycles. The normalized spacial score (nSPS) is 8.89. The Hall–Kier alpha value is -1.82. The van der Waals surface area contributed by atoms with E-state index in [4.69, 9.17) is 0 Å². The molecule has 1 N–H and O–H groups in total. The van der Waals surface area contributed by atoms with Crippen LogP contribution in [0.25, 0.3) is 0 Å². The van der Waals surface area contributed by atoms with E-state index >= 15 is 0 Å². The van der Waals surface area contributed by atoms with Gasteiger partial charge >= 0.3 is 0 Å². The molecule has 0 aliphatic heterocycles. The molecule has 0 radical (unpaired) electrons. The number of halogens is 1. The minimum absolute atomic E-state index is 0. The highest BCUT2D eigenvalue weighted by Gasteiger charge is 1.88. The van der Waals surface area contributed by atoms with Gasteiger partial charge in [-0.05, 0) is 29.8 Å². The van der Waals surface area contributed by atoms with Crippen LogP contribution in [0.3, 0.4) is 0 Å². The minimum Gasteiger partial charge on any atom is -0.302 e. The third-order valence-electron chi connectivity index (χ3n) is 2.30. The van der Waals surface area contributed by atoms with Gasteiger partial charge in [0.05, 0.1) is 6.54 Å². The first-order chi connectivity index (χ1) is 8.45. The second kappa shape index (κ2) is 8.30. The van der Waals surface area contributed by atoms with Crippen molar-refractivity contribution in [3.63, 3.8) is 0 Å². The van der Waals surface area contributed by atoms with Crippen LogP contribution < -0.4 is 5.32 Å². The zero-order valence-corrected chi connectivity index (χ0v) is 10.8. The lowest BCUT2D eigenvalue weighted by atomic mass is 10.2. The third kappa shape index (κ3) is 5.01. The third-order valence-corrected chi connectivity index (χ3v) is 2.30. The molecule has 1 aromatic heterocycles. The van der Waals surface area contributed by atoms with Gasteiger partial charge in [0, 0.05) is 24.5 Å². The number of pyridine rings is 1. The number of hydrogen-bond acceptors (Lipinski definition) is 2. The number of rotatable bonds is 3. The molecule has 18 heavy (non-hydrogen) atoms. The first-order valence-electron chi connectivity index (χ1n) is 5.59. The van der Waals surface area contributed by atoms with Gasteiger partial charge in [-0.3, -0.25) is 4.98 Å². The molecule has 0 fully saturated rings. The predicted octanol–water partition coefficient (Wildman–Crippen LogP) is 2.64. The van der Waals surface area contributed by atoms with Crippen molar-refractivity contribution < 1.29 is 0 Å². The molecule has 2 aromatic rings. The Morgan fingerprint density at radius 2 is 1.72 bits per heavy atom. The molecule has 0 atom stereocenters. The number of aromatic nitrogens is 1. The Balaban J connectivity index is 0.00000162. The topological polar surface area (TPSA) is 24.9 Å².